The van der Waals surface area contributed by atoms with Crippen LogP contribution in [0.5, 0.6) is 0 Å². The van der Waals surface area contributed by atoms with E-state index in [1.54, 1.807) is 47.2 Å². The minimum Gasteiger partial charge on any atom is -0.467 e. The number of fused-ring (bicyclic) bond motifs is 3. The van der Waals surface area contributed by atoms with Crippen molar-refractivity contribution in [2.75, 3.05) is 7.11 Å². The molecule has 2 aliphatic rings. The summed E-state index contributed by atoms with van der Waals surface area (Å²) >= 11 is 6.37. The summed E-state index contributed by atoms with van der Waals surface area (Å²) in [5.41, 5.74) is 2.42. The highest BCUT2D eigenvalue weighted by molar-refractivity contribution is 6.31. The van der Waals surface area contributed by atoms with Crippen LogP contribution in [0.1, 0.15) is 43.4 Å². The maximum Gasteiger partial charge on any atom is 0.339 e. The molecule has 13 nitrogen and oxygen atoms in total. The number of imidazole rings is 1. The van der Waals surface area contributed by atoms with E-state index in [0.717, 1.165) is 27.9 Å². The molecule has 1 aromatic heterocycles. The summed E-state index contributed by atoms with van der Waals surface area (Å²) in [5.74, 6) is -3.53. The largest absolute Gasteiger partial charge is 0.467 e. The van der Waals surface area contributed by atoms with E-state index in [0.29, 0.717) is 33.5 Å². The van der Waals surface area contributed by atoms with Crippen LogP contribution in [0.15, 0.2) is 53.7 Å². The summed E-state index contributed by atoms with van der Waals surface area (Å²) < 4.78 is 49.5. The lowest BCUT2D eigenvalue weighted by Gasteiger charge is -2.43. The van der Waals surface area contributed by atoms with Crippen LogP contribution in [0, 0.1) is 5.82 Å². The van der Waals surface area contributed by atoms with Crippen molar-refractivity contribution in [2.24, 2.45) is 4.99 Å². The summed E-state index contributed by atoms with van der Waals surface area (Å²) in [6.07, 6.45) is -6.10. The molecule has 0 unspecified atom stereocenters. The van der Waals surface area contributed by atoms with Crippen LogP contribution in [0.2, 0.25) is 5.02 Å². The number of hydrogen-bond donors (Lipinski definition) is 0. The molecule has 0 N–H and O–H groups in total. The van der Waals surface area contributed by atoms with Gasteiger partial charge in [0, 0.05) is 36.9 Å². The molecule has 0 aliphatic carbocycles. The number of aliphatic imine (C=N–C) groups is 1. The van der Waals surface area contributed by atoms with E-state index in [2.05, 4.69) is 9.98 Å². The van der Waals surface area contributed by atoms with Gasteiger partial charge in [-0.15, -0.1) is 0 Å². The lowest BCUT2D eigenvalue weighted by atomic mass is 9.97. The third-order valence-corrected chi connectivity index (χ3v) is 7.34. The van der Waals surface area contributed by atoms with Gasteiger partial charge in [-0.05, 0) is 30.3 Å². The number of ether oxygens (including phenoxy) is 6. The Labute approximate surface area is 267 Å². The zero-order valence-corrected chi connectivity index (χ0v) is 25.9. The van der Waals surface area contributed by atoms with Crippen LogP contribution >= 0.6 is 11.6 Å². The molecule has 46 heavy (non-hydrogen) atoms. The first-order valence-electron chi connectivity index (χ1n) is 14.0. The van der Waals surface area contributed by atoms with Gasteiger partial charge in [-0.2, -0.15) is 0 Å². The third-order valence-electron chi connectivity index (χ3n) is 7.10. The van der Waals surface area contributed by atoms with Crippen molar-refractivity contribution in [3.63, 3.8) is 0 Å². The summed E-state index contributed by atoms with van der Waals surface area (Å²) in [6.45, 7) is 3.12. The number of rotatable bonds is 8. The molecule has 2 aliphatic heterocycles. The molecule has 15 heteroatoms. The standard InChI is InChI=1S/C31H29ClFN3O10/c1-15(37)43-26-27(44-16(2)38)29(45-17(3)39)31(46-28(26)30(40)41-4)42-14-24-34-12-19-13-35-25(20-7-5-6-8-22(20)33)21-11-18(32)9-10-23(21)36(19)24/h5-12,26-29,31H,13-14H2,1-4H3/t26-,27-,28-,29+,31+/m0/s1. The average Bonchev–Trinajstić information content (AvgIpc) is 3.33. The minimum absolute atomic E-state index is 0.127. The summed E-state index contributed by atoms with van der Waals surface area (Å²) in [7, 11) is 1.09. The lowest BCUT2D eigenvalue weighted by molar-refractivity contribution is -0.304. The van der Waals surface area contributed by atoms with Crippen molar-refractivity contribution < 1.29 is 52.0 Å². The summed E-state index contributed by atoms with van der Waals surface area (Å²) in [6, 6.07) is 11.3. The highest BCUT2D eigenvalue weighted by atomic mass is 35.5. The highest BCUT2D eigenvalue weighted by Gasteiger charge is 2.55. The van der Waals surface area contributed by atoms with Crippen molar-refractivity contribution in [1.29, 1.82) is 0 Å². The second-order valence-corrected chi connectivity index (χ2v) is 10.7. The van der Waals surface area contributed by atoms with Crippen LogP contribution in [0.25, 0.3) is 5.69 Å². The number of benzene rings is 2. The van der Waals surface area contributed by atoms with Crippen LogP contribution in [-0.2, 0) is 60.8 Å². The van der Waals surface area contributed by atoms with Crippen molar-refractivity contribution in [2.45, 2.75) is 64.6 Å². The maximum atomic E-state index is 14.9. The molecule has 0 saturated carbocycles. The van der Waals surface area contributed by atoms with Gasteiger partial charge >= 0.3 is 23.9 Å². The second kappa shape index (κ2) is 13.8. The number of nitrogens with zero attached hydrogens (tertiary/aromatic N) is 3. The Bertz CT molecular complexity index is 1710. The quantitative estimate of drug-likeness (QED) is 0.259. The van der Waals surface area contributed by atoms with E-state index in [1.165, 1.54) is 6.07 Å². The molecule has 1 saturated heterocycles. The average molecular weight is 658 g/mol. The third kappa shape index (κ3) is 6.78. The second-order valence-electron chi connectivity index (χ2n) is 10.3. The van der Waals surface area contributed by atoms with Gasteiger partial charge in [0.25, 0.3) is 0 Å². The predicted molar refractivity (Wildman–Crippen MR) is 156 cm³/mol. The van der Waals surface area contributed by atoms with Crippen molar-refractivity contribution in [3.8, 4) is 5.69 Å². The van der Waals surface area contributed by atoms with E-state index in [9.17, 15) is 23.6 Å². The van der Waals surface area contributed by atoms with Gasteiger partial charge in [0.2, 0.25) is 0 Å². The van der Waals surface area contributed by atoms with Crippen LogP contribution < -0.4 is 0 Å². The fourth-order valence-electron chi connectivity index (χ4n) is 5.33. The molecule has 2 aromatic carbocycles. The highest BCUT2D eigenvalue weighted by Crippen LogP contribution is 2.33. The predicted octanol–water partition coefficient (Wildman–Crippen LogP) is 3.23. The van der Waals surface area contributed by atoms with Crippen LogP contribution in [0.3, 0.4) is 0 Å². The van der Waals surface area contributed by atoms with Crippen molar-refractivity contribution in [1.82, 2.24) is 9.55 Å². The normalized spacial score (nSPS) is 22.0. The Hall–Kier alpha value is -4.66. The molecule has 0 amide bonds. The monoisotopic (exact) mass is 657 g/mol. The Balaban J connectivity index is 1.51. The van der Waals surface area contributed by atoms with Gasteiger partial charge in [0.15, 0.2) is 30.7 Å². The Morgan fingerprint density at radius 2 is 1.63 bits per heavy atom. The first-order chi connectivity index (χ1) is 22.0. The number of carbonyl (C=O) groups excluding carboxylic acids is 4. The molecule has 3 heterocycles. The number of halogens is 2. The fourth-order valence-corrected chi connectivity index (χ4v) is 5.50. The molecular formula is C31H29ClFN3O10. The zero-order valence-electron chi connectivity index (χ0n) is 25.1. The molecule has 3 aromatic rings. The minimum atomic E-state index is -1.62. The smallest absolute Gasteiger partial charge is 0.339 e. The lowest BCUT2D eigenvalue weighted by Crippen LogP contribution is -2.63. The molecule has 5 atom stereocenters. The van der Waals surface area contributed by atoms with Crippen LogP contribution in [0.4, 0.5) is 4.39 Å². The van der Waals surface area contributed by atoms with E-state index < -0.39 is 60.4 Å². The number of carbonyl (C=O) groups is 4. The van der Waals surface area contributed by atoms with Gasteiger partial charge in [0.1, 0.15) is 18.2 Å². The molecule has 242 valence electrons. The summed E-state index contributed by atoms with van der Waals surface area (Å²) in [5, 5.41) is 0.400. The Morgan fingerprint density at radius 1 is 0.957 bits per heavy atom. The van der Waals surface area contributed by atoms with Gasteiger partial charge in [-0.3, -0.25) is 23.9 Å². The molecule has 1 fully saturated rings. The first kappa shape index (κ1) is 32.7. The van der Waals surface area contributed by atoms with Crippen LogP contribution in [-0.4, -0.2) is 77.0 Å². The number of aromatic nitrogens is 2. The Morgan fingerprint density at radius 3 is 2.30 bits per heavy atom. The topological polar surface area (TPSA) is 154 Å². The van der Waals surface area contributed by atoms with E-state index in [-0.39, 0.29) is 18.7 Å². The number of hydrogen-bond acceptors (Lipinski definition) is 12. The molecular weight excluding hydrogens is 629 g/mol. The van der Waals surface area contributed by atoms with E-state index in [1.807, 2.05) is 0 Å². The van der Waals surface area contributed by atoms with Gasteiger partial charge in [-0.25, -0.2) is 14.2 Å². The number of methoxy groups -OCH3 is 1. The van der Waals surface area contributed by atoms with E-state index >= 15 is 0 Å². The van der Waals surface area contributed by atoms with Crippen molar-refractivity contribution >= 4 is 41.2 Å². The van der Waals surface area contributed by atoms with Gasteiger partial charge in [-0.1, -0.05) is 23.7 Å². The molecule has 5 rings (SSSR count). The first-order valence-corrected chi connectivity index (χ1v) is 14.4. The maximum absolute atomic E-state index is 14.9. The molecule has 0 spiro atoms. The molecule has 0 radical (unpaired) electrons. The summed E-state index contributed by atoms with van der Waals surface area (Å²) in [4.78, 5) is 58.1. The SMILES string of the molecule is COC(=O)[C@H]1O[C@@H](OCc2ncc3n2-c2ccc(Cl)cc2C(c2ccccc2F)=NC3)[C@H](OC(C)=O)[C@@H](OC(C)=O)[C@@H]1OC(C)=O. The molecule has 0 bridgehead atoms. The zero-order chi connectivity index (χ0) is 33.1. The van der Waals surface area contributed by atoms with Gasteiger partial charge < -0.3 is 28.4 Å². The van der Waals surface area contributed by atoms with E-state index in [4.69, 9.17) is 40.0 Å². The fraction of sp³-hybridized carbons (Fsp3) is 0.355. The number of esters is 4. The van der Waals surface area contributed by atoms with Gasteiger partial charge in [0.05, 0.1) is 36.9 Å². The van der Waals surface area contributed by atoms with Crippen molar-refractivity contribution in [3.05, 3.63) is 82.1 Å². The Kier molecular flexibility index (Phi) is 9.79.